The van der Waals surface area contributed by atoms with Crippen molar-refractivity contribution >= 4 is 11.6 Å². The molecule has 5 nitrogen and oxygen atoms in total. The van der Waals surface area contributed by atoms with Crippen molar-refractivity contribution in [2.24, 2.45) is 0 Å². The van der Waals surface area contributed by atoms with Gasteiger partial charge in [-0.25, -0.2) is 4.39 Å². The van der Waals surface area contributed by atoms with Crippen LogP contribution in [0.25, 0.3) is 0 Å². The largest absolute Gasteiger partial charge is 0.391 e. The highest BCUT2D eigenvalue weighted by molar-refractivity contribution is 5.81. The first-order valence-corrected chi connectivity index (χ1v) is 8.76. The second kappa shape index (κ2) is 7.49. The first-order chi connectivity index (χ1) is 11.5. The van der Waals surface area contributed by atoms with Crippen molar-refractivity contribution in [2.45, 2.75) is 31.9 Å². The van der Waals surface area contributed by atoms with E-state index in [2.05, 4.69) is 9.80 Å². The molecule has 2 heterocycles. The number of nitrogens with zero attached hydrogens (tertiary/aromatic N) is 3. The molecule has 2 fully saturated rings. The fourth-order valence-corrected chi connectivity index (χ4v) is 3.59. The van der Waals surface area contributed by atoms with Gasteiger partial charge >= 0.3 is 0 Å². The Morgan fingerprint density at radius 1 is 1.17 bits per heavy atom. The molecule has 6 heteroatoms. The van der Waals surface area contributed by atoms with Gasteiger partial charge in [0, 0.05) is 45.0 Å². The van der Waals surface area contributed by atoms with Gasteiger partial charge in [0.05, 0.1) is 12.1 Å². The number of halogens is 1. The van der Waals surface area contributed by atoms with Gasteiger partial charge in [-0.3, -0.25) is 9.69 Å². The monoisotopic (exact) mass is 335 g/mol. The van der Waals surface area contributed by atoms with Crippen molar-refractivity contribution in [2.75, 3.05) is 44.2 Å². The Morgan fingerprint density at radius 2 is 1.83 bits per heavy atom. The molecule has 3 rings (SSSR count). The number of anilines is 1. The predicted molar refractivity (Wildman–Crippen MR) is 91.5 cm³/mol. The zero-order valence-electron chi connectivity index (χ0n) is 14.2. The van der Waals surface area contributed by atoms with Gasteiger partial charge in [0.25, 0.3) is 0 Å². The Kier molecular flexibility index (Phi) is 5.36. The lowest BCUT2D eigenvalue weighted by molar-refractivity contribution is -0.139. The zero-order valence-corrected chi connectivity index (χ0v) is 14.2. The van der Waals surface area contributed by atoms with Crippen molar-refractivity contribution in [3.05, 3.63) is 30.1 Å². The highest BCUT2D eigenvalue weighted by Crippen LogP contribution is 2.19. The van der Waals surface area contributed by atoms with Gasteiger partial charge in [0.15, 0.2) is 0 Å². The predicted octanol–water partition coefficient (Wildman–Crippen LogP) is 1.32. The van der Waals surface area contributed by atoms with Crippen LogP contribution < -0.4 is 4.90 Å². The molecule has 0 saturated carbocycles. The molecule has 1 aromatic rings. The molecular weight excluding hydrogens is 309 g/mol. The summed E-state index contributed by atoms with van der Waals surface area (Å²) in [5.74, 6) is -0.107. The molecule has 2 aliphatic rings. The number of aliphatic hydroxyl groups excluding tert-OH is 1. The maximum absolute atomic E-state index is 13.0. The van der Waals surface area contributed by atoms with Gasteiger partial charge in [0.1, 0.15) is 5.82 Å². The molecule has 0 aliphatic carbocycles. The number of likely N-dealkylation sites (tertiary alicyclic amines) is 1. The van der Waals surface area contributed by atoms with Crippen LogP contribution in [-0.4, -0.2) is 72.2 Å². The number of carbonyl (C=O) groups is 1. The number of piperazine rings is 1. The normalized spacial score (nSPS) is 24.0. The van der Waals surface area contributed by atoms with Crippen LogP contribution in [0.2, 0.25) is 0 Å². The molecule has 2 atom stereocenters. The van der Waals surface area contributed by atoms with Crippen LogP contribution >= 0.6 is 0 Å². The summed E-state index contributed by atoms with van der Waals surface area (Å²) in [5, 5.41) is 9.76. The van der Waals surface area contributed by atoms with Gasteiger partial charge in [-0.05, 0) is 44.0 Å². The molecule has 0 unspecified atom stereocenters. The molecule has 0 radical (unpaired) electrons. The summed E-state index contributed by atoms with van der Waals surface area (Å²) in [6.07, 6.45) is 1.28. The third-order valence-electron chi connectivity index (χ3n) is 5.12. The first kappa shape index (κ1) is 17.2. The van der Waals surface area contributed by atoms with E-state index in [-0.39, 0.29) is 23.9 Å². The third-order valence-corrected chi connectivity index (χ3v) is 5.12. The van der Waals surface area contributed by atoms with Gasteiger partial charge in [0.2, 0.25) is 5.91 Å². The maximum atomic E-state index is 13.0. The van der Waals surface area contributed by atoms with Crippen LogP contribution in [0, 0.1) is 5.82 Å². The van der Waals surface area contributed by atoms with E-state index in [1.807, 2.05) is 6.92 Å². The van der Waals surface area contributed by atoms with E-state index in [0.29, 0.717) is 6.54 Å². The zero-order chi connectivity index (χ0) is 17.1. The molecule has 1 amide bonds. The second-order valence-corrected chi connectivity index (χ2v) is 6.76. The topological polar surface area (TPSA) is 47.0 Å². The summed E-state index contributed by atoms with van der Waals surface area (Å²) >= 11 is 0. The standard InChI is InChI=1S/C18H26FN3O2/c1-14(18(24)22-8-2-3-17(23)13-22)20-9-11-21(12-10-20)16-6-4-15(19)5-7-16/h4-7,14,17,23H,2-3,8-13H2,1H3/t14-,17-/m0/s1. The van der Waals surface area contributed by atoms with Crippen molar-refractivity contribution in [3.63, 3.8) is 0 Å². The quantitative estimate of drug-likeness (QED) is 0.905. The second-order valence-electron chi connectivity index (χ2n) is 6.76. The molecule has 2 aliphatic heterocycles. The molecule has 2 saturated heterocycles. The van der Waals surface area contributed by atoms with Crippen molar-refractivity contribution in [1.82, 2.24) is 9.80 Å². The van der Waals surface area contributed by atoms with E-state index in [4.69, 9.17) is 0 Å². The number of amides is 1. The maximum Gasteiger partial charge on any atom is 0.239 e. The smallest absolute Gasteiger partial charge is 0.239 e. The SMILES string of the molecule is C[C@@H](C(=O)N1CCC[C@H](O)C1)N1CCN(c2ccc(F)cc2)CC1. The number of hydrogen-bond acceptors (Lipinski definition) is 4. The van der Waals surface area contributed by atoms with Crippen LogP contribution in [0.5, 0.6) is 0 Å². The lowest BCUT2D eigenvalue weighted by atomic mass is 10.1. The van der Waals surface area contributed by atoms with Crippen LogP contribution in [0.1, 0.15) is 19.8 Å². The van der Waals surface area contributed by atoms with Gasteiger partial charge in [-0.2, -0.15) is 0 Å². The molecule has 0 aromatic heterocycles. The molecule has 1 N–H and O–H groups in total. The minimum Gasteiger partial charge on any atom is -0.391 e. The molecule has 132 valence electrons. The third kappa shape index (κ3) is 3.87. The molecule has 0 spiro atoms. The number of hydrogen-bond donors (Lipinski definition) is 1. The summed E-state index contributed by atoms with van der Waals surface area (Å²) in [6.45, 7) is 6.42. The Balaban J connectivity index is 1.53. The van der Waals surface area contributed by atoms with Crippen LogP contribution in [0.15, 0.2) is 24.3 Å². The lowest BCUT2D eigenvalue weighted by Gasteiger charge is -2.40. The van der Waals surface area contributed by atoms with Crippen molar-refractivity contribution in [1.29, 1.82) is 0 Å². The number of rotatable bonds is 3. The van der Waals surface area contributed by atoms with Crippen LogP contribution in [0.4, 0.5) is 10.1 Å². The highest BCUT2D eigenvalue weighted by atomic mass is 19.1. The molecular formula is C18H26FN3O2. The average Bonchev–Trinajstić information content (AvgIpc) is 2.61. The van der Waals surface area contributed by atoms with Crippen molar-refractivity contribution in [3.8, 4) is 0 Å². The Hall–Kier alpha value is -1.66. The van der Waals surface area contributed by atoms with Crippen LogP contribution in [-0.2, 0) is 4.79 Å². The van der Waals surface area contributed by atoms with E-state index < -0.39 is 0 Å². The summed E-state index contributed by atoms with van der Waals surface area (Å²) in [7, 11) is 0. The fourth-order valence-electron chi connectivity index (χ4n) is 3.59. The van der Waals surface area contributed by atoms with E-state index >= 15 is 0 Å². The minimum atomic E-state index is -0.384. The summed E-state index contributed by atoms with van der Waals surface area (Å²) in [6, 6.07) is 6.40. The molecule has 0 bridgehead atoms. The van der Waals surface area contributed by atoms with Gasteiger partial charge in [-0.15, -0.1) is 0 Å². The van der Waals surface area contributed by atoms with Crippen molar-refractivity contribution < 1.29 is 14.3 Å². The van der Waals surface area contributed by atoms with E-state index in [1.54, 1.807) is 17.0 Å². The Morgan fingerprint density at radius 3 is 2.46 bits per heavy atom. The molecule has 24 heavy (non-hydrogen) atoms. The molecule has 1 aromatic carbocycles. The first-order valence-electron chi connectivity index (χ1n) is 8.76. The lowest BCUT2D eigenvalue weighted by Crippen LogP contribution is -2.56. The summed E-state index contributed by atoms with van der Waals surface area (Å²) in [5.41, 5.74) is 1.02. The Bertz CT molecular complexity index is 558. The number of β-amino-alcohol motifs (C(OH)–C–C–N with tert-alkyl or cyclic N) is 1. The minimum absolute atomic E-state index is 0.115. The number of benzene rings is 1. The van der Waals surface area contributed by atoms with E-state index in [1.165, 1.54) is 12.1 Å². The number of piperidine rings is 1. The van der Waals surface area contributed by atoms with Crippen LogP contribution in [0.3, 0.4) is 0 Å². The van der Waals surface area contributed by atoms with Gasteiger partial charge in [-0.1, -0.05) is 0 Å². The highest BCUT2D eigenvalue weighted by Gasteiger charge is 2.31. The average molecular weight is 335 g/mol. The van der Waals surface area contributed by atoms with E-state index in [0.717, 1.165) is 51.3 Å². The summed E-state index contributed by atoms with van der Waals surface area (Å²) in [4.78, 5) is 18.9. The fraction of sp³-hybridized carbons (Fsp3) is 0.611. The summed E-state index contributed by atoms with van der Waals surface area (Å²) < 4.78 is 13.0. The van der Waals surface area contributed by atoms with Gasteiger partial charge < -0.3 is 14.9 Å². The van der Waals surface area contributed by atoms with E-state index in [9.17, 15) is 14.3 Å². The number of carbonyl (C=O) groups excluding carboxylic acids is 1. The Labute approximate surface area is 142 Å². The number of aliphatic hydroxyl groups is 1.